The SMILES string of the molecule is CC1CCCC(C)N1C(=O)N/C=C/C1CCCCC1. The van der Waals surface area contributed by atoms with Crippen LogP contribution in [0.4, 0.5) is 4.79 Å². The van der Waals surface area contributed by atoms with Crippen LogP contribution < -0.4 is 5.32 Å². The minimum absolute atomic E-state index is 0.0757. The summed E-state index contributed by atoms with van der Waals surface area (Å²) in [7, 11) is 0. The van der Waals surface area contributed by atoms with Crippen LogP contribution in [-0.2, 0) is 0 Å². The van der Waals surface area contributed by atoms with Crippen molar-refractivity contribution >= 4 is 6.03 Å². The zero-order valence-electron chi connectivity index (χ0n) is 12.4. The number of carbonyl (C=O) groups is 1. The first-order valence-corrected chi connectivity index (χ1v) is 7.94. The lowest BCUT2D eigenvalue weighted by Gasteiger charge is -2.38. The van der Waals surface area contributed by atoms with Gasteiger partial charge in [-0.3, -0.25) is 0 Å². The monoisotopic (exact) mass is 264 g/mol. The van der Waals surface area contributed by atoms with E-state index in [1.54, 1.807) is 0 Å². The topological polar surface area (TPSA) is 32.3 Å². The largest absolute Gasteiger partial charge is 0.321 e. The second-order valence-electron chi connectivity index (χ2n) is 6.24. The molecule has 1 aliphatic heterocycles. The van der Waals surface area contributed by atoms with Crippen LogP contribution in [0.15, 0.2) is 12.3 Å². The Bertz CT molecular complexity index is 311. The Kier molecular flexibility index (Phi) is 5.29. The summed E-state index contributed by atoms with van der Waals surface area (Å²) in [5, 5.41) is 2.97. The molecular formula is C16H28N2O. The summed E-state index contributed by atoms with van der Waals surface area (Å²) in [5.41, 5.74) is 0. The van der Waals surface area contributed by atoms with Gasteiger partial charge in [0.25, 0.3) is 0 Å². The van der Waals surface area contributed by atoms with Crippen LogP contribution in [0.5, 0.6) is 0 Å². The normalized spacial score (nSPS) is 29.7. The molecule has 0 aromatic carbocycles. The molecule has 1 N–H and O–H groups in total. The van der Waals surface area contributed by atoms with E-state index in [0.29, 0.717) is 18.0 Å². The highest BCUT2D eigenvalue weighted by Crippen LogP contribution is 2.24. The van der Waals surface area contributed by atoms with Crippen LogP contribution in [0.1, 0.15) is 65.2 Å². The minimum atomic E-state index is 0.0757. The fourth-order valence-corrected chi connectivity index (χ4v) is 3.48. The summed E-state index contributed by atoms with van der Waals surface area (Å²) < 4.78 is 0. The molecule has 3 nitrogen and oxygen atoms in total. The molecule has 1 saturated carbocycles. The molecule has 2 aliphatic rings. The van der Waals surface area contributed by atoms with Crippen LogP contribution in [0.2, 0.25) is 0 Å². The molecule has 0 bridgehead atoms. The average Bonchev–Trinajstić information content (AvgIpc) is 2.40. The number of nitrogens with zero attached hydrogens (tertiary/aromatic N) is 1. The van der Waals surface area contributed by atoms with Gasteiger partial charge in [-0.15, -0.1) is 0 Å². The maximum atomic E-state index is 12.2. The summed E-state index contributed by atoms with van der Waals surface area (Å²) in [5.74, 6) is 0.672. The third kappa shape index (κ3) is 3.99. The molecule has 19 heavy (non-hydrogen) atoms. The van der Waals surface area contributed by atoms with Gasteiger partial charge in [-0.2, -0.15) is 0 Å². The van der Waals surface area contributed by atoms with Crippen molar-refractivity contribution in [1.29, 1.82) is 0 Å². The maximum absolute atomic E-state index is 12.2. The average molecular weight is 264 g/mol. The van der Waals surface area contributed by atoms with Gasteiger partial charge in [-0.05, 0) is 51.9 Å². The molecule has 1 saturated heterocycles. The predicted molar refractivity (Wildman–Crippen MR) is 78.9 cm³/mol. The van der Waals surface area contributed by atoms with E-state index >= 15 is 0 Å². The van der Waals surface area contributed by atoms with Gasteiger partial charge in [0, 0.05) is 18.3 Å². The van der Waals surface area contributed by atoms with E-state index < -0.39 is 0 Å². The molecule has 108 valence electrons. The molecule has 1 heterocycles. The first-order valence-electron chi connectivity index (χ1n) is 7.94. The van der Waals surface area contributed by atoms with Crippen molar-refractivity contribution in [2.45, 2.75) is 77.3 Å². The smallest absolute Gasteiger partial charge is 0.319 e. The summed E-state index contributed by atoms with van der Waals surface area (Å²) in [4.78, 5) is 14.2. The maximum Gasteiger partial charge on any atom is 0.321 e. The third-order valence-electron chi connectivity index (χ3n) is 4.65. The van der Waals surface area contributed by atoms with E-state index in [-0.39, 0.29) is 6.03 Å². The van der Waals surface area contributed by atoms with Crippen molar-refractivity contribution < 1.29 is 4.79 Å². The number of hydrogen-bond acceptors (Lipinski definition) is 1. The minimum Gasteiger partial charge on any atom is -0.319 e. The molecule has 0 radical (unpaired) electrons. The number of nitrogens with one attached hydrogen (secondary N) is 1. The highest BCUT2D eigenvalue weighted by Gasteiger charge is 2.28. The highest BCUT2D eigenvalue weighted by molar-refractivity contribution is 5.76. The lowest BCUT2D eigenvalue weighted by Crippen LogP contribution is -2.50. The third-order valence-corrected chi connectivity index (χ3v) is 4.65. The Labute approximate surface area is 117 Å². The first kappa shape index (κ1) is 14.4. The van der Waals surface area contributed by atoms with Crippen molar-refractivity contribution in [3.8, 4) is 0 Å². The van der Waals surface area contributed by atoms with Gasteiger partial charge in [0.05, 0.1) is 0 Å². The number of amides is 2. The first-order chi connectivity index (χ1) is 9.18. The van der Waals surface area contributed by atoms with Crippen LogP contribution in [-0.4, -0.2) is 23.0 Å². The second-order valence-corrected chi connectivity index (χ2v) is 6.24. The number of rotatable bonds is 2. The quantitative estimate of drug-likeness (QED) is 0.801. The van der Waals surface area contributed by atoms with Gasteiger partial charge < -0.3 is 10.2 Å². The number of allylic oxidation sites excluding steroid dienone is 1. The van der Waals surface area contributed by atoms with Gasteiger partial charge >= 0.3 is 6.03 Å². The number of carbonyl (C=O) groups excluding carboxylic acids is 1. The molecule has 2 rings (SSSR count). The summed E-state index contributed by atoms with van der Waals surface area (Å²) in [6.45, 7) is 4.31. The Morgan fingerprint density at radius 3 is 2.26 bits per heavy atom. The Morgan fingerprint density at radius 1 is 1.00 bits per heavy atom. The van der Waals surface area contributed by atoms with Crippen LogP contribution in [0.25, 0.3) is 0 Å². The zero-order chi connectivity index (χ0) is 13.7. The van der Waals surface area contributed by atoms with Gasteiger partial charge in [0.1, 0.15) is 0 Å². The van der Waals surface area contributed by atoms with Gasteiger partial charge in [-0.25, -0.2) is 4.79 Å². The van der Waals surface area contributed by atoms with Crippen molar-refractivity contribution in [3.05, 3.63) is 12.3 Å². The van der Waals surface area contributed by atoms with Crippen LogP contribution in [0, 0.1) is 5.92 Å². The van der Waals surface area contributed by atoms with Gasteiger partial charge in [0.2, 0.25) is 0 Å². The van der Waals surface area contributed by atoms with E-state index in [1.807, 2.05) is 11.1 Å². The van der Waals surface area contributed by atoms with Crippen molar-refractivity contribution in [2.75, 3.05) is 0 Å². The molecule has 2 fully saturated rings. The van der Waals surface area contributed by atoms with Crippen LogP contribution >= 0.6 is 0 Å². The second kappa shape index (κ2) is 6.97. The molecule has 2 amide bonds. The number of urea groups is 1. The molecule has 0 spiro atoms. The lowest BCUT2D eigenvalue weighted by atomic mass is 9.89. The fraction of sp³-hybridized carbons (Fsp3) is 0.812. The molecule has 3 heteroatoms. The Morgan fingerprint density at radius 2 is 1.63 bits per heavy atom. The van der Waals surface area contributed by atoms with Crippen molar-refractivity contribution in [3.63, 3.8) is 0 Å². The van der Waals surface area contributed by atoms with Gasteiger partial charge in [-0.1, -0.05) is 25.3 Å². The fourth-order valence-electron chi connectivity index (χ4n) is 3.48. The molecule has 0 aromatic heterocycles. The Balaban J connectivity index is 1.80. The van der Waals surface area contributed by atoms with Crippen molar-refractivity contribution in [2.24, 2.45) is 5.92 Å². The van der Waals surface area contributed by atoms with Crippen LogP contribution in [0.3, 0.4) is 0 Å². The highest BCUT2D eigenvalue weighted by atomic mass is 16.2. The van der Waals surface area contributed by atoms with E-state index in [0.717, 1.165) is 12.8 Å². The summed E-state index contributed by atoms with van der Waals surface area (Å²) >= 11 is 0. The molecular weight excluding hydrogens is 236 g/mol. The summed E-state index contributed by atoms with van der Waals surface area (Å²) in [6.07, 6.45) is 14.2. The zero-order valence-corrected chi connectivity index (χ0v) is 12.4. The lowest BCUT2D eigenvalue weighted by molar-refractivity contribution is 0.125. The van der Waals surface area contributed by atoms with E-state index in [2.05, 4.69) is 25.2 Å². The molecule has 2 unspecified atom stereocenters. The molecule has 0 aromatic rings. The standard InChI is InChI=1S/C16H28N2O/c1-13-7-6-8-14(2)18(13)16(19)17-12-11-15-9-4-3-5-10-15/h11-15H,3-10H2,1-2H3,(H,17,19)/b12-11+. The van der Waals surface area contributed by atoms with E-state index in [4.69, 9.17) is 0 Å². The predicted octanol–water partition coefficient (Wildman–Crippen LogP) is 4.05. The van der Waals surface area contributed by atoms with Crippen molar-refractivity contribution in [1.82, 2.24) is 10.2 Å². The van der Waals surface area contributed by atoms with Gasteiger partial charge in [0.15, 0.2) is 0 Å². The molecule has 1 aliphatic carbocycles. The molecule has 2 atom stereocenters. The Hall–Kier alpha value is -0.990. The number of hydrogen-bond donors (Lipinski definition) is 1. The number of piperidine rings is 1. The summed E-state index contributed by atoms with van der Waals surface area (Å²) in [6, 6.07) is 0.811. The van der Waals surface area contributed by atoms with E-state index in [9.17, 15) is 4.79 Å². The van der Waals surface area contributed by atoms with E-state index in [1.165, 1.54) is 38.5 Å². The number of likely N-dealkylation sites (tertiary alicyclic amines) is 1.